The van der Waals surface area contributed by atoms with Gasteiger partial charge in [0.25, 0.3) is 0 Å². The maximum atomic E-state index is 12.6. The van der Waals surface area contributed by atoms with Crippen LogP contribution < -0.4 is 4.74 Å². The van der Waals surface area contributed by atoms with Gasteiger partial charge in [-0.1, -0.05) is 18.2 Å². The molecule has 0 N–H and O–H groups in total. The van der Waals surface area contributed by atoms with Crippen LogP contribution in [0.3, 0.4) is 0 Å². The van der Waals surface area contributed by atoms with Crippen LogP contribution in [0.5, 0.6) is 5.75 Å². The van der Waals surface area contributed by atoms with Gasteiger partial charge in [-0.15, -0.1) is 11.3 Å². The topological polar surface area (TPSA) is 29.5 Å². The lowest BCUT2D eigenvalue weighted by Gasteiger charge is -2.28. The highest BCUT2D eigenvalue weighted by Gasteiger charge is 2.28. The molecule has 1 aromatic carbocycles. The minimum atomic E-state index is -0.0895. The molecule has 3 rings (SSSR count). The number of carbonyl (C=O) groups excluding carboxylic acids is 1. The lowest BCUT2D eigenvalue weighted by atomic mass is 9.95. The molecule has 1 atom stereocenters. The molecule has 2 heterocycles. The zero-order valence-corrected chi connectivity index (χ0v) is 14.1. The van der Waals surface area contributed by atoms with Crippen molar-refractivity contribution in [3.05, 3.63) is 50.6 Å². The van der Waals surface area contributed by atoms with Crippen molar-refractivity contribution >= 4 is 33.2 Å². The molecule has 0 radical (unpaired) electrons. The van der Waals surface area contributed by atoms with E-state index in [2.05, 4.69) is 22.0 Å². The van der Waals surface area contributed by atoms with Gasteiger partial charge in [-0.05, 0) is 40.0 Å². The van der Waals surface area contributed by atoms with Gasteiger partial charge in [0.15, 0.2) is 0 Å². The number of nitrogens with zero attached hydrogens (tertiary/aromatic N) is 1. The quantitative estimate of drug-likeness (QED) is 0.829. The van der Waals surface area contributed by atoms with Crippen molar-refractivity contribution in [2.75, 3.05) is 13.7 Å². The van der Waals surface area contributed by atoms with Crippen LogP contribution in [0.15, 0.2) is 40.2 Å². The van der Waals surface area contributed by atoms with Crippen molar-refractivity contribution < 1.29 is 9.53 Å². The van der Waals surface area contributed by atoms with Gasteiger partial charge in [0, 0.05) is 21.8 Å². The molecule has 1 aromatic heterocycles. The number of halogens is 1. The number of thiophene rings is 1. The second-order valence-corrected chi connectivity index (χ2v) is 7.16. The predicted octanol–water partition coefficient (Wildman–Crippen LogP) is 3.72. The average molecular weight is 366 g/mol. The highest BCUT2D eigenvalue weighted by atomic mass is 79.9. The highest BCUT2D eigenvalue weighted by Crippen LogP contribution is 2.28. The molecule has 0 fully saturated rings. The second-order valence-electron chi connectivity index (χ2n) is 5.25. The Balaban J connectivity index is 1.66. The molecule has 0 saturated heterocycles. The summed E-state index contributed by atoms with van der Waals surface area (Å²) in [5.41, 5.74) is 1.12. The van der Waals surface area contributed by atoms with E-state index >= 15 is 0 Å². The fraction of sp³-hybridized carbons (Fsp3) is 0.312. The van der Waals surface area contributed by atoms with Crippen molar-refractivity contribution in [3.63, 3.8) is 0 Å². The zero-order chi connectivity index (χ0) is 14.8. The van der Waals surface area contributed by atoms with Gasteiger partial charge in [-0.2, -0.15) is 0 Å². The van der Waals surface area contributed by atoms with E-state index in [4.69, 9.17) is 4.74 Å². The Bertz CT molecular complexity index is 655. The molecule has 0 saturated carbocycles. The summed E-state index contributed by atoms with van der Waals surface area (Å²) < 4.78 is 6.78. The summed E-state index contributed by atoms with van der Waals surface area (Å²) >= 11 is 5.10. The standard InChI is InChI=1S/C16H16BrNO2S/c1-18(8-14-7-13(17)10-21-14)16(19)12-6-11-4-2-3-5-15(11)20-9-12/h2-5,7,10,12H,6,8-9H2,1H3/t12-/m1/s1. The third-order valence-corrected chi connectivity index (χ3v) is 5.30. The van der Waals surface area contributed by atoms with Gasteiger partial charge in [-0.3, -0.25) is 4.79 Å². The Hall–Kier alpha value is -1.33. The van der Waals surface area contributed by atoms with E-state index in [0.29, 0.717) is 13.2 Å². The third kappa shape index (κ3) is 3.30. The largest absolute Gasteiger partial charge is 0.492 e. The summed E-state index contributed by atoms with van der Waals surface area (Å²) in [5.74, 6) is 0.966. The van der Waals surface area contributed by atoms with Gasteiger partial charge in [0.1, 0.15) is 12.4 Å². The number of fused-ring (bicyclic) bond motifs is 1. The second kappa shape index (κ2) is 6.20. The molecule has 21 heavy (non-hydrogen) atoms. The minimum absolute atomic E-state index is 0.0895. The number of amides is 1. The minimum Gasteiger partial charge on any atom is -0.492 e. The van der Waals surface area contributed by atoms with E-state index in [1.807, 2.05) is 36.7 Å². The number of rotatable bonds is 3. The summed E-state index contributed by atoms with van der Waals surface area (Å²) in [4.78, 5) is 15.5. The van der Waals surface area contributed by atoms with Crippen LogP contribution in [0.2, 0.25) is 0 Å². The van der Waals surface area contributed by atoms with E-state index in [0.717, 1.165) is 22.2 Å². The first kappa shape index (κ1) is 14.6. The van der Waals surface area contributed by atoms with Gasteiger partial charge in [-0.25, -0.2) is 0 Å². The molecular weight excluding hydrogens is 350 g/mol. The van der Waals surface area contributed by atoms with Crippen molar-refractivity contribution in [3.8, 4) is 5.75 Å². The molecule has 0 aliphatic carbocycles. The molecule has 0 spiro atoms. The molecule has 110 valence electrons. The molecule has 1 aliphatic rings. The highest BCUT2D eigenvalue weighted by molar-refractivity contribution is 9.10. The van der Waals surface area contributed by atoms with E-state index in [9.17, 15) is 4.79 Å². The first-order valence-electron chi connectivity index (χ1n) is 6.82. The number of carbonyl (C=O) groups is 1. The Morgan fingerprint density at radius 1 is 1.48 bits per heavy atom. The van der Waals surface area contributed by atoms with Crippen molar-refractivity contribution in [2.24, 2.45) is 5.92 Å². The van der Waals surface area contributed by atoms with Crippen LogP contribution in [0.1, 0.15) is 10.4 Å². The Labute approximate surface area is 136 Å². The summed E-state index contributed by atoms with van der Waals surface area (Å²) in [5, 5.41) is 2.04. The van der Waals surface area contributed by atoms with Crippen LogP contribution in [0, 0.1) is 5.92 Å². The predicted molar refractivity (Wildman–Crippen MR) is 87.6 cm³/mol. The maximum Gasteiger partial charge on any atom is 0.229 e. The van der Waals surface area contributed by atoms with Crippen molar-refractivity contribution in [1.29, 1.82) is 0 Å². The SMILES string of the molecule is CN(Cc1cc(Br)cs1)C(=O)[C@H]1COc2ccccc2C1. The summed E-state index contributed by atoms with van der Waals surface area (Å²) in [7, 11) is 1.86. The number of para-hydroxylation sites is 1. The summed E-state index contributed by atoms with van der Waals surface area (Å²) in [6.45, 7) is 1.11. The lowest BCUT2D eigenvalue weighted by Crippen LogP contribution is -2.38. The number of hydrogen-bond acceptors (Lipinski definition) is 3. The monoisotopic (exact) mass is 365 g/mol. The van der Waals surface area contributed by atoms with Gasteiger partial charge in [0.05, 0.1) is 12.5 Å². The molecule has 5 heteroatoms. The molecule has 2 aromatic rings. The van der Waals surface area contributed by atoms with Gasteiger partial charge < -0.3 is 9.64 Å². The molecule has 1 amide bonds. The van der Waals surface area contributed by atoms with Crippen LogP contribution in [0.25, 0.3) is 0 Å². The molecule has 0 bridgehead atoms. The van der Waals surface area contributed by atoms with Crippen LogP contribution in [-0.2, 0) is 17.8 Å². The fourth-order valence-electron chi connectivity index (χ4n) is 2.55. The zero-order valence-electron chi connectivity index (χ0n) is 11.7. The van der Waals surface area contributed by atoms with Gasteiger partial charge in [0.2, 0.25) is 5.91 Å². The number of hydrogen-bond donors (Lipinski definition) is 0. The number of benzene rings is 1. The van der Waals surface area contributed by atoms with Crippen LogP contribution >= 0.6 is 27.3 Å². The summed E-state index contributed by atoms with van der Waals surface area (Å²) in [6, 6.07) is 10.00. The van der Waals surface area contributed by atoms with E-state index in [1.165, 1.54) is 4.88 Å². The normalized spacial score (nSPS) is 17.0. The Morgan fingerprint density at radius 3 is 3.05 bits per heavy atom. The summed E-state index contributed by atoms with van der Waals surface area (Å²) in [6.07, 6.45) is 0.757. The first-order chi connectivity index (χ1) is 10.1. The number of ether oxygens (including phenoxy) is 1. The molecule has 1 aliphatic heterocycles. The maximum absolute atomic E-state index is 12.6. The van der Waals surface area contributed by atoms with E-state index in [-0.39, 0.29) is 11.8 Å². The lowest BCUT2D eigenvalue weighted by molar-refractivity contribution is -0.136. The van der Waals surface area contributed by atoms with Gasteiger partial charge >= 0.3 is 0 Å². The van der Waals surface area contributed by atoms with Crippen molar-refractivity contribution in [2.45, 2.75) is 13.0 Å². The molecular formula is C16H16BrNO2S. The Kier molecular flexibility index (Phi) is 4.31. The first-order valence-corrected chi connectivity index (χ1v) is 8.49. The molecule has 3 nitrogen and oxygen atoms in total. The fourth-order valence-corrected chi connectivity index (χ4v) is 4.05. The van der Waals surface area contributed by atoms with E-state index < -0.39 is 0 Å². The smallest absolute Gasteiger partial charge is 0.229 e. The third-order valence-electron chi connectivity index (χ3n) is 3.62. The van der Waals surface area contributed by atoms with Crippen molar-refractivity contribution in [1.82, 2.24) is 4.90 Å². The molecule has 0 unspecified atom stereocenters. The van der Waals surface area contributed by atoms with Crippen LogP contribution in [0.4, 0.5) is 0 Å². The van der Waals surface area contributed by atoms with E-state index in [1.54, 1.807) is 16.2 Å². The average Bonchev–Trinajstić information content (AvgIpc) is 2.91. The Morgan fingerprint density at radius 2 is 2.29 bits per heavy atom. The van der Waals surface area contributed by atoms with Crippen LogP contribution in [-0.4, -0.2) is 24.5 Å².